The van der Waals surface area contributed by atoms with Crippen LogP contribution in [0.1, 0.15) is 25.5 Å². The Balaban J connectivity index is 2.14. The van der Waals surface area contributed by atoms with Gasteiger partial charge in [0.25, 0.3) is 11.2 Å². The predicted octanol–water partition coefficient (Wildman–Crippen LogP) is 0.867. The molecule has 9 heteroatoms. The number of piperidine rings is 1. The van der Waals surface area contributed by atoms with E-state index in [-0.39, 0.29) is 48.9 Å². The van der Waals surface area contributed by atoms with Gasteiger partial charge in [-0.25, -0.2) is 0 Å². The summed E-state index contributed by atoms with van der Waals surface area (Å²) in [6.45, 7) is 3.87. The first-order valence-electron chi connectivity index (χ1n) is 8.14. The number of carbonyl (C=O) groups is 2. The number of nitrogens with zero attached hydrogens (tertiary/aromatic N) is 3. The molecule has 2 heterocycles. The minimum atomic E-state index is -0.590. The fourth-order valence-electron chi connectivity index (χ4n) is 2.95. The van der Waals surface area contributed by atoms with E-state index in [1.165, 1.54) is 11.8 Å². The van der Waals surface area contributed by atoms with Gasteiger partial charge < -0.3 is 9.64 Å². The Labute approximate surface area is 144 Å². The second-order valence-corrected chi connectivity index (χ2v) is 5.92. The normalized spacial score (nSPS) is 17.2. The summed E-state index contributed by atoms with van der Waals surface area (Å²) in [6.07, 6.45) is 1.32. The maximum atomic E-state index is 12.5. The van der Waals surface area contributed by atoms with Crippen LogP contribution in [0, 0.1) is 23.0 Å². The van der Waals surface area contributed by atoms with Crippen LogP contribution in [-0.4, -0.2) is 46.0 Å². The van der Waals surface area contributed by atoms with E-state index in [0.29, 0.717) is 19.4 Å². The molecule has 1 atom stereocenters. The van der Waals surface area contributed by atoms with Crippen molar-refractivity contribution in [2.45, 2.75) is 33.2 Å². The first kappa shape index (κ1) is 18.6. The van der Waals surface area contributed by atoms with E-state index in [0.717, 1.165) is 16.7 Å². The lowest BCUT2D eigenvalue weighted by molar-refractivity contribution is -0.386. The molecular formula is C16H21N3O6. The molecule has 1 unspecified atom stereocenters. The fraction of sp³-hybridized carbons (Fsp3) is 0.562. The Kier molecular flexibility index (Phi) is 5.89. The largest absolute Gasteiger partial charge is 0.466 e. The second-order valence-electron chi connectivity index (χ2n) is 5.92. The molecule has 1 saturated heterocycles. The highest BCUT2D eigenvalue weighted by atomic mass is 16.6. The minimum absolute atomic E-state index is 0.129. The van der Waals surface area contributed by atoms with Crippen LogP contribution in [-0.2, 0) is 20.9 Å². The molecule has 136 valence electrons. The number of amides is 1. The van der Waals surface area contributed by atoms with Crippen LogP contribution >= 0.6 is 0 Å². The highest BCUT2D eigenvalue weighted by molar-refractivity contribution is 5.78. The highest BCUT2D eigenvalue weighted by Crippen LogP contribution is 2.19. The Bertz CT molecular complexity index is 742. The van der Waals surface area contributed by atoms with Crippen LogP contribution in [0.3, 0.4) is 0 Å². The monoisotopic (exact) mass is 351 g/mol. The number of nitro groups is 1. The number of pyridine rings is 1. The lowest BCUT2D eigenvalue weighted by Gasteiger charge is -2.31. The van der Waals surface area contributed by atoms with Gasteiger partial charge in [0.2, 0.25) is 5.91 Å². The summed E-state index contributed by atoms with van der Waals surface area (Å²) in [7, 11) is 0. The average Bonchev–Trinajstić information content (AvgIpc) is 2.58. The van der Waals surface area contributed by atoms with Gasteiger partial charge in [0.1, 0.15) is 6.54 Å². The quantitative estimate of drug-likeness (QED) is 0.442. The van der Waals surface area contributed by atoms with E-state index in [1.54, 1.807) is 6.92 Å². The van der Waals surface area contributed by atoms with E-state index in [2.05, 4.69) is 0 Å². The Morgan fingerprint density at radius 1 is 1.40 bits per heavy atom. The summed E-state index contributed by atoms with van der Waals surface area (Å²) in [4.78, 5) is 48.3. The van der Waals surface area contributed by atoms with Crippen LogP contribution in [0.25, 0.3) is 0 Å². The minimum Gasteiger partial charge on any atom is -0.466 e. The Morgan fingerprint density at radius 3 is 2.76 bits per heavy atom. The lowest BCUT2D eigenvalue weighted by Crippen LogP contribution is -2.45. The van der Waals surface area contributed by atoms with Gasteiger partial charge in [0.15, 0.2) is 0 Å². The zero-order valence-electron chi connectivity index (χ0n) is 14.3. The van der Waals surface area contributed by atoms with Crippen molar-refractivity contribution in [1.82, 2.24) is 9.47 Å². The highest BCUT2D eigenvalue weighted by Gasteiger charge is 2.30. The summed E-state index contributed by atoms with van der Waals surface area (Å²) >= 11 is 0. The molecule has 9 nitrogen and oxygen atoms in total. The second kappa shape index (κ2) is 7.91. The Morgan fingerprint density at radius 2 is 2.12 bits per heavy atom. The Hall–Kier alpha value is -2.71. The molecule has 0 aliphatic carbocycles. The fourth-order valence-corrected chi connectivity index (χ4v) is 2.95. The molecule has 0 radical (unpaired) electrons. The van der Waals surface area contributed by atoms with Gasteiger partial charge in [-0.3, -0.25) is 29.1 Å². The van der Waals surface area contributed by atoms with Crippen molar-refractivity contribution in [2.24, 2.45) is 5.92 Å². The third kappa shape index (κ3) is 4.23. The molecule has 0 bridgehead atoms. The first-order valence-corrected chi connectivity index (χ1v) is 8.14. The van der Waals surface area contributed by atoms with Gasteiger partial charge in [0.05, 0.1) is 23.1 Å². The summed E-state index contributed by atoms with van der Waals surface area (Å²) < 4.78 is 6.09. The van der Waals surface area contributed by atoms with Crippen LogP contribution in [0.15, 0.2) is 16.9 Å². The molecule has 0 aromatic carbocycles. The summed E-state index contributed by atoms with van der Waals surface area (Å²) in [5.41, 5.74) is -0.560. The van der Waals surface area contributed by atoms with E-state index in [1.807, 2.05) is 0 Å². The van der Waals surface area contributed by atoms with Gasteiger partial charge >= 0.3 is 5.97 Å². The van der Waals surface area contributed by atoms with Crippen molar-refractivity contribution in [3.05, 3.63) is 38.3 Å². The number of ether oxygens (including phenoxy) is 1. The van der Waals surface area contributed by atoms with Gasteiger partial charge in [-0.1, -0.05) is 0 Å². The van der Waals surface area contributed by atoms with E-state index in [9.17, 15) is 24.5 Å². The van der Waals surface area contributed by atoms with Crippen molar-refractivity contribution < 1.29 is 19.2 Å². The summed E-state index contributed by atoms with van der Waals surface area (Å²) in [6, 6.07) is 2.21. The molecule has 1 aromatic heterocycles. The van der Waals surface area contributed by atoms with Crippen LogP contribution in [0.4, 0.5) is 5.69 Å². The SMILES string of the molecule is CCOC(=O)C1CCCN(C(=O)Cn2c(C)c([N+](=O)[O-])ccc2=O)C1. The number of hydrogen-bond donors (Lipinski definition) is 0. The lowest BCUT2D eigenvalue weighted by atomic mass is 9.98. The van der Waals surface area contributed by atoms with E-state index in [4.69, 9.17) is 4.74 Å². The number of rotatable bonds is 5. The summed E-state index contributed by atoms with van der Waals surface area (Å²) in [5.74, 6) is -1.05. The maximum Gasteiger partial charge on any atom is 0.310 e. The molecule has 1 amide bonds. The molecule has 25 heavy (non-hydrogen) atoms. The van der Waals surface area contributed by atoms with Crippen molar-refractivity contribution in [3.63, 3.8) is 0 Å². The zero-order valence-corrected chi connectivity index (χ0v) is 14.3. The van der Waals surface area contributed by atoms with Crippen molar-refractivity contribution in [2.75, 3.05) is 19.7 Å². The molecule has 0 saturated carbocycles. The topological polar surface area (TPSA) is 112 Å². The van der Waals surface area contributed by atoms with E-state index < -0.39 is 10.5 Å². The molecule has 1 fully saturated rings. The van der Waals surface area contributed by atoms with E-state index >= 15 is 0 Å². The molecule has 2 rings (SSSR count). The van der Waals surface area contributed by atoms with Gasteiger partial charge in [-0.15, -0.1) is 0 Å². The zero-order chi connectivity index (χ0) is 18.6. The van der Waals surface area contributed by atoms with Crippen molar-refractivity contribution >= 4 is 17.6 Å². The maximum absolute atomic E-state index is 12.5. The van der Waals surface area contributed by atoms with Gasteiger partial charge in [-0.2, -0.15) is 0 Å². The standard InChI is InChI=1S/C16H21N3O6/c1-3-25-16(22)12-5-4-8-17(9-12)15(21)10-18-11(2)13(19(23)24)6-7-14(18)20/h6-7,12H,3-5,8-10H2,1-2H3. The molecular weight excluding hydrogens is 330 g/mol. The van der Waals surface area contributed by atoms with Crippen LogP contribution in [0.5, 0.6) is 0 Å². The molecule has 1 aromatic rings. The molecule has 0 spiro atoms. The number of aromatic nitrogens is 1. The third-order valence-electron chi connectivity index (χ3n) is 4.31. The van der Waals surface area contributed by atoms with Crippen LogP contribution in [0.2, 0.25) is 0 Å². The number of carbonyl (C=O) groups excluding carboxylic acids is 2. The summed E-state index contributed by atoms with van der Waals surface area (Å²) in [5, 5.41) is 11.0. The number of likely N-dealkylation sites (tertiary alicyclic amines) is 1. The van der Waals surface area contributed by atoms with Gasteiger partial charge in [-0.05, 0) is 26.7 Å². The molecule has 1 aliphatic rings. The number of hydrogen-bond acceptors (Lipinski definition) is 6. The first-order chi connectivity index (χ1) is 11.8. The van der Waals surface area contributed by atoms with Crippen molar-refractivity contribution in [1.29, 1.82) is 0 Å². The van der Waals surface area contributed by atoms with Crippen molar-refractivity contribution in [3.8, 4) is 0 Å². The smallest absolute Gasteiger partial charge is 0.310 e. The van der Waals surface area contributed by atoms with Gasteiger partial charge in [0, 0.05) is 25.2 Å². The van der Waals surface area contributed by atoms with Crippen LogP contribution < -0.4 is 5.56 Å². The molecule has 0 N–H and O–H groups in total. The number of esters is 1. The predicted molar refractivity (Wildman–Crippen MR) is 88.0 cm³/mol. The average molecular weight is 351 g/mol. The third-order valence-corrected chi connectivity index (χ3v) is 4.31. The molecule has 1 aliphatic heterocycles.